The number of benzene rings is 1. The third-order valence-corrected chi connectivity index (χ3v) is 7.51. The average Bonchev–Trinajstić information content (AvgIpc) is 3.38. The normalized spacial score (nSPS) is 19.9. The third kappa shape index (κ3) is 4.37. The van der Waals surface area contributed by atoms with Crippen molar-refractivity contribution in [3.63, 3.8) is 0 Å². The summed E-state index contributed by atoms with van der Waals surface area (Å²) in [6, 6.07) is 5.22. The molecule has 1 fully saturated rings. The van der Waals surface area contributed by atoms with Crippen LogP contribution in [0, 0.1) is 11.7 Å². The zero-order chi connectivity index (χ0) is 22.1. The Bertz CT molecular complexity index is 973. The molecule has 0 bridgehead atoms. The molecule has 2 unspecified atom stereocenters. The van der Waals surface area contributed by atoms with E-state index in [0.29, 0.717) is 34.9 Å². The van der Waals surface area contributed by atoms with Crippen molar-refractivity contribution in [2.24, 2.45) is 11.7 Å². The Hall–Kier alpha value is -2.68. The predicted octanol–water partition coefficient (Wildman–Crippen LogP) is 4.03. The number of primary amides is 1. The number of nitrogens with two attached hydrogens (primary N) is 1. The van der Waals surface area contributed by atoms with Crippen LogP contribution in [0.3, 0.4) is 0 Å². The van der Waals surface area contributed by atoms with Gasteiger partial charge < -0.3 is 15.5 Å². The van der Waals surface area contributed by atoms with Crippen molar-refractivity contribution >= 4 is 34.1 Å². The zero-order valence-corrected chi connectivity index (χ0v) is 18.6. The number of hydrogen-bond donors (Lipinski definition) is 2. The fourth-order valence-electron chi connectivity index (χ4n) is 4.60. The Kier molecular flexibility index (Phi) is 6.13. The third-order valence-electron chi connectivity index (χ3n) is 6.58. The van der Waals surface area contributed by atoms with Gasteiger partial charge in [0, 0.05) is 37.3 Å². The number of hydrogen-bond acceptors (Lipinski definition) is 5. The van der Waals surface area contributed by atoms with E-state index in [1.807, 2.05) is 6.07 Å². The van der Waals surface area contributed by atoms with Gasteiger partial charge in [0.25, 0.3) is 5.91 Å². The molecule has 31 heavy (non-hydrogen) atoms. The first kappa shape index (κ1) is 21.5. The summed E-state index contributed by atoms with van der Waals surface area (Å²) < 4.78 is 14.0. The van der Waals surface area contributed by atoms with Crippen LogP contribution in [0.2, 0.25) is 0 Å². The summed E-state index contributed by atoms with van der Waals surface area (Å²) in [6.45, 7) is 6.58. The van der Waals surface area contributed by atoms with Crippen molar-refractivity contribution in [1.29, 1.82) is 0 Å². The highest BCUT2D eigenvalue weighted by molar-refractivity contribution is 7.17. The summed E-state index contributed by atoms with van der Waals surface area (Å²) in [5.74, 6) is 0.177. The second kappa shape index (κ2) is 8.82. The number of nitrogens with one attached hydrogen (secondary N) is 1. The van der Waals surface area contributed by atoms with Crippen molar-refractivity contribution in [1.82, 2.24) is 9.88 Å². The molecule has 7 nitrogen and oxygen atoms in total. The van der Waals surface area contributed by atoms with Gasteiger partial charge in [-0.1, -0.05) is 37.7 Å². The van der Waals surface area contributed by atoms with E-state index in [1.54, 1.807) is 17.0 Å². The number of amides is 3. The number of piperidine rings is 1. The Morgan fingerprint density at radius 2 is 2.10 bits per heavy atom. The monoisotopic (exact) mass is 445 g/mol. The van der Waals surface area contributed by atoms with Crippen molar-refractivity contribution in [2.75, 3.05) is 29.9 Å². The summed E-state index contributed by atoms with van der Waals surface area (Å²) in [7, 11) is 0. The minimum Gasteiger partial charge on any atom is -0.367 e. The van der Waals surface area contributed by atoms with Gasteiger partial charge in [0.2, 0.25) is 0 Å². The summed E-state index contributed by atoms with van der Waals surface area (Å²) in [5.41, 5.74) is 7.49. The standard InChI is InChI=1S/C22H28FN5O2S/c1-3-13(2)17-12-28(18-10-14(23)4-5-16(17)18)15-6-8-27(9-7-15)22(30)26-21-25-11-19(31-21)20(24)29/h4-5,10-11,13,15,17H,3,6-9,12H2,1-2H3,(H2,24,29)(H,25,26,30). The lowest BCUT2D eigenvalue weighted by Gasteiger charge is -2.38. The van der Waals surface area contributed by atoms with E-state index in [2.05, 4.69) is 29.0 Å². The van der Waals surface area contributed by atoms with Crippen LogP contribution in [-0.2, 0) is 0 Å². The summed E-state index contributed by atoms with van der Waals surface area (Å²) in [4.78, 5) is 32.3. The molecule has 9 heteroatoms. The van der Waals surface area contributed by atoms with Gasteiger partial charge in [0.05, 0.1) is 6.20 Å². The smallest absolute Gasteiger partial charge is 0.323 e. The van der Waals surface area contributed by atoms with Gasteiger partial charge in [-0.3, -0.25) is 10.1 Å². The van der Waals surface area contributed by atoms with Crippen LogP contribution in [0.5, 0.6) is 0 Å². The maximum absolute atomic E-state index is 14.0. The molecule has 3 N–H and O–H groups in total. The van der Waals surface area contributed by atoms with Crippen molar-refractivity contribution in [3.8, 4) is 0 Å². The van der Waals surface area contributed by atoms with E-state index in [4.69, 9.17) is 5.73 Å². The van der Waals surface area contributed by atoms with Gasteiger partial charge in [-0.05, 0) is 36.5 Å². The first-order valence-electron chi connectivity index (χ1n) is 10.7. The molecule has 0 spiro atoms. The first-order valence-corrected chi connectivity index (χ1v) is 11.6. The van der Waals surface area contributed by atoms with Crippen molar-refractivity contribution < 1.29 is 14.0 Å². The minimum atomic E-state index is -0.558. The number of halogens is 1. The second-order valence-corrected chi connectivity index (χ2v) is 9.42. The number of urea groups is 1. The van der Waals surface area contributed by atoms with Gasteiger partial charge in [0.1, 0.15) is 10.7 Å². The molecule has 2 aromatic rings. The van der Waals surface area contributed by atoms with E-state index < -0.39 is 5.91 Å². The molecule has 0 aliphatic carbocycles. The van der Waals surface area contributed by atoms with Crippen LogP contribution < -0.4 is 16.0 Å². The van der Waals surface area contributed by atoms with E-state index >= 15 is 0 Å². The maximum atomic E-state index is 14.0. The Morgan fingerprint density at radius 1 is 1.35 bits per heavy atom. The number of anilines is 2. The maximum Gasteiger partial charge on any atom is 0.323 e. The number of aromatic nitrogens is 1. The Morgan fingerprint density at radius 3 is 2.74 bits per heavy atom. The van der Waals surface area contributed by atoms with Crippen LogP contribution >= 0.6 is 11.3 Å². The topological polar surface area (TPSA) is 91.6 Å². The summed E-state index contributed by atoms with van der Waals surface area (Å²) >= 11 is 1.06. The fourth-order valence-corrected chi connectivity index (χ4v) is 5.26. The lowest BCUT2D eigenvalue weighted by molar-refractivity contribution is 0.100. The molecular formula is C22H28FN5O2S. The first-order chi connectivity index (χ1) is 14.9. The van der Waals surface area contributed by atoms with Gasteiger partial charge >= 0.3 is 6.03 Å². The quantitative estimate of drug-likeness (QED) is 0.727. The SMILES string of the molecule is CCC(C)C1CN(C2CCN(C(=O)Nc3ncc(C(N)=O)s3)CC2)c2cc(F)ccc21. The molecule has 0 saturated carbocycles. The van der Waals surface area contributed by atoms with E-state index in [1.165, 1.54) is 11.8 Å². The van der Waals surface area contributed by atoms with E-state index in [-0.39, 0.29) is 17.9 Å². The van der Waals surface area contributed by atoms with Gasteiger partial charge in [-0.2, -0.15) is 0 Å². The number of carbonyl (C=O) groups excluding carboxylic acids is 2. The van der Waals surface area contributed by atoms with Crippen LogP contribution in [0.15, 0.2) is 24.4 Å². The summed E-state index contributed by atoms with van der Waals surface area (Å²) in [5, 5.41) is 3.11. The molecule has 2 aliphatic rings. The average molecular weight is 446 g/mol. The van der Waals surface area contributed by atoms with Crippen molar-refractivity contribution in [2.45, 2.75) is 45.1 Å². The molecule has 3 amide bonds. The highest BCUT2D eigenvalue weighted by atomic mass is 32.1. The largest absolute Gasteiger partial charge is 0.367 e. The van der Waals surface area contributed by atoms with E-state index in [9.17, 15) is 14.0 Å². The molecule has 4 rings (SSSR count). The molecule has 166 valence electrons. The number of carbonyl (C=O) groups is 2. The lowest BCUT2D eigenvalue weighted by atomic mass is 9.87. The molecule has 2 atom stereocenters. The molecular weight excluding hydrogens is 417 g/mol. The number of nitrogens with zero attached hydrogens (tertiary/aromatic N) is 3. The number of likely N-dealkylation sites (tertiary alicyclic amines) is 1. The van der Waals surface area contributed by atoms with Gasteiger partial charge in [0.15, 0.2) is 5.13 Å². The fraction of sp³-hybridized carbons (Fsp3) is 0.500. The zero-order valence-electron chi connectivity index (χ0n) is 17.8. The van der Waals surface area contributed by atoms with Gasteiger partial charge in [-0.15, -0.1) is 0 Å². The highest BCUT2D eigenvalue weighted by Gasteiger charge is 2.37. The summed E-state index contributed by atoms with van der Waals surface area (Å²) in [6.07, 6.45) is 4.09. The second-order valence-electron chi connectivity index (χ2n) is 8.39. The number of fused-ring (bicyclic) bond motifs is 1. The van der Waals surface area contributed by atoms with Gasteiger partial charge in [-0.25, -0.2) is 14.2 Å². The predicted molar refractivity (Wildman–Crippen MR) is 120 cm³/mol. The molecule has 0 radical (unpaired) electrons. The van der Waals surface area contributed by atoms with Crippen LogP contribution in [0.4, 0.5) is 20.0 Å². The highest BCUT2D eigenvalue weighted by Crippen LogP contribution is 2.43. The minimum absolute atomic E-state index is 0.204. The Balaban J connectivity index is 1.40. The van der Waals surface area contributed by atoms with Crippen LogP contribution in [0.1, 0.15) is 54.3 Å². The van der Waals surface area contributed by atoms with Crippen LogP contribution in [-0.4, -0.2) is 47.5 Å². The molecule has 1 aromatic carbocycles. The number of rotatable bonds is 5. The van der Waals surface area contributed by atoms with Crippen molar-refractivity contribution in [3.05, 3.63) is 40.7 Å². The number of thiazole rings is 1. The molecule has 3 heterocycles. The Labute approximate surface area is 185 Å². The molecule has 2 aliphatic heterocycles. The molecule has 1 aromatic heterocycles. The van der Waals surface area contributed by atoms with Crippen LogP contribution in [0.25, 0.3) is 0 Å². The van der Waals surface area contributed by atoms with E-state index in [0.717, 1.165) is 42.8 Å². The lowest BCUT2D eigenvalue weighted by Crippen LogP contribution is -2.48. The molecule has 1 saturated heterocycles.